The molecule has 34 heavy (non-hydrogen) atoms. The van der Waals surface area contributed by atoms with Crippen LogP contribution in [0, 0.1) is 23.1 Å². The predicted octanol–water partition coefficient (Wildman–Crippen LogP) is 4.46. The Morgan fingerprint density at radius 3 is 2.65 bits per heavy atom. The Morgan fingerprint density at radius 1 is 1.32 bits per heavy atom. The third-order valence-electron chi connectivity index (χ3n) is 6.86. The number of rotatable bonds is 4. The molecule has 3 heterocycles. The maximum atomic E-state index is 15.2. The molecule has 1 aromatic heterocycles. The number of nitrogens with zero attached hydrogens (tertiary/aromatic N) is 4. The fraction of sp³-hybridized carbons (Fsp3) is 0.360. The summed E-state index contributed by atoms with van der Waals surface area (Å²) in [5, 5.41) is 9.10. The van der Waals surface area contributed by atoms with Crippen LogP contribution in [-0.4, -0.2) is 38.8 Å². The average molecular weight is 482 g/mol. The maximum absolute atomic E-state index is 15.2. The molecule has 0 aliphatic carbocycles. The number of nitriles is 1. The van der Waals surface area contributed by atoms with Crippen molar-refractivity contribution in [1.29, 1.82) is 5.26 Å². The van der Waals surface area contributed by atoms with E-state index in [0.717, 1.165) is 6.42 Å². The minimum Gasteiger partial charge on any atom is -0.378 e. The van der Waals surface area contributed by atoms with Gasteiger partial charge in [-0.05, 0) is 56.2 Å². The van der Waals surface area contributed by atoms with Crippen LogP contribution in [-0.2, 0) is 10.3 Å². The topological polar surface area (TPSA) is 95.4 Å². The second kappa shape index (κ2) is 8.84. The molecule has 1 aromatic carbocycles. The van der Waals surface area contributed by atoms with Crippen LogP contribution < -0.4 is 5.73 Å². The van der Waals surface area contributed by atoms with E-state index < -0.39 is 27.8 Å². The van der Waals surface area contributed by atoms with Gasteiger partial charge in [-0.1, -0.05) is 24.8 Å². The van der Waals surface area contributed by atoms with Crippen LogP contribution in [0.3, 0.4) is 0 Å². The van der Waals surface area contributed by atoms with Crippen LogP contribution in [0.1, 0.15) is 49.6 Å². The molecule has 176 valence electrons. The van der Waals surface area contributed by atoms with Gasteiger partial charge in [0.1, 0.15) is 22.5 Å². The van der Waals surface area contributed by atoms with Gasteiger partial charge in [0, 0.05) is 30.8 Å². The number of hydrogen-bond acceptors (Lipinski definition) is 6. The summed E-state index contributed by atoms with van der Waals surface area (Å²) >= 11 is 1.21. The van der Waals surface area contributed by atoms with Crippen LogP contribution in [0.5, 0.6) is 0 Å². The zero-order chi connectivity index (χ0) is 24.7. The second-order valence-corrected chi connectivity index (χ2v) is 10.4. The van der Waals surface area contributed by atoms with Gasteiger partial charge in [-0.25, -0.2) is 8.78 Å². The van der Waals surface area contributed by atoms with E-state index in [2.05, 4.69) is 9.98 Å². The summed E-state index contributed by atoms with van der Waals surface area (Å²) in [4.78, 5) is 23.6. The lowest BCUT2D eigenvalue weighted by molar-refractivity contribution is -0.139. The molecule has 1 amide bonds. The van der Waals surface area contributed by atoms with E-state index in [1.54, 1.807) is 11.8 Å². The van der Waals surface area contributed by atoms with Gasteiger partial charge in [0.2, 0.25) is 5.91 Å². The van der Waals surface area contributed by atoms with E-state index in [4.69, 9.17) is 11.0 Å². The number of carbonyl (C=O) groups excluding carboxylic acids is 1. The van der Waals surface area contributed by atoms with E-state index in [0.29, 0.717) is 24.2 Å². The normalized spacial score (nSPS) is 26.9. The predicted molar refractivity (Wildman–Crippen MR) is 130 cm³/mol. The molecule has 1 saturated heterocycles. The number of aromatic nitrogens is 1. The smallest absolute Gasteiger partial charge is 0.239 e. The number of hydrogen-bond donors (Lipinski definition) is 1. The van der Waals surface area contributed by atoms with Gasteiger partial charge in [-0.15, -0.1) is 0 Å². The third-order valence-corrected chi connectivity index (χ3v) is 8.12. The van der Waals surface area contributed by atoms with Crippen molar-refractivity contribution in [1.82, 2.24) is 9.88 Å². The highest BCUT2D eigenvalue weighted by molar-refractivity contribution is 8.15. The van der Waals surface area contributed by atoms with E-state index in [1.807, 2.05) is 19.9 Å². The molecule has 0 saturated carbocycles. The Labute approximate surface area is 201 Å². The van der Waals surface area contributed by atoms with Gasteiger partial charge in [0.15, 0.2) is 5.17 Å². The zero-order valence-electron chi connectivity index (χ0n) is 19.2. The van der Waals surface area contributed by atoms with E-state index in [-0.39, 0.29) is 22.3 Å². The standard InChI is InChI=1S/C25H25F2N5OS/c1-15-24(2,31-23(29)34-25(15,3)22(33)32-9-4-10-32)18-11-16(5-7-19(18)26)12-20(27)21-8-6-17(13-28)14-30-21/h5-8,11-12,14-15H,4,9-10H2,1-3H3,(H2,29,31)/b20-12-/t15-,24-,25-/m0/s1. The number of halogens is 2. The summed E-state index contributed by atoms with van der Waals surface area (Å²) in [6, 6.07) is 9.09. The van der Waals surface area contributed by atoms with E-state index in [9.17, 15) is 9.18 Å². The molecule has 2 N–H and O–H groups in total. The molecule has 2 aliphatic heterocycles. The van der Waals surface area contributed by atoms with Crippen molar-refractivity contribution in [2.24, 2.45) is 16.6 Å². The van der Waals surface area contributed by atoms with Crippen molar-refractivity contribution in [3.63, 3.8) is 0 Å². The van der Waals surface area contributed by atoms with Gasteiger partial charge in [0.05, 0.1) is 16.8 Å². The largest absolute Gasteiger partial charge is 0.378 e. The lowest BCUT2D eigenvalue weighted by Gasteiger charge is -2.49. The first-order valence-corrected chi connectivity index (χ1v) is 11.8. The second-order valence-electron chi connectivity index (χ2n) is 8.95. The fourth-order valence-corrected chi connectivity index (χ4v) is 5.68. The highest BCUT2D eigenvalue weighted by atomic mass is 32.2. The quantitative estimate of drug-likeness (QED) is 0.696. The van der Waals surface area contributed by atoms with Crippen molar-refractivity contribution in [2.45, 2.75) is 37.5 Å². The summed E-state index contributed by atoms with van der Waals surface area (Å²) in [6.45, 7) is 6.88. The first-order chi connectivity index (χ1) is 16.1. The van der Waals surface area contributed by atoms with Crippen molar-refractivity contribution >= 4 is 34.7 Å². The number of carbonyl (C=O) groups is 1. The Bertz CT molecular complexity index is 1230. The van der Waals surface area contributed by atoms with Crippen molar-refractivity contribution in [3.8, 4) is 6.07 Å². The molecular formula is C25H25F2N5OS. The van der Waals surface area contributed by atoms with Crippen molar-refractivity contribution in [2.75, 3.05) is 13.1 Å². The maximum Gasteiger partial charge on any atom is 0.239 e. The summed E-state index contributed by atoms with van der Waals surface area (Å²) < 4.78 is 29.1. The lowest BCUT2D eigenvalue weighted by Crippen LogP contribution is -2.59. The minimum atomic E-state index is -1.14. The Balaban J connectivity index is 1.73. The molecule has 9 heteroatoms. The number of thioether (sulfide) groups is 1. The molecule has 1 fully saturated rings. The number of amides is 1. The number of nitrogens with two attached hydrogens (primary N) is 1. The Kier molecular flexibility index (Phi) is 6.21. The van der Waals surface area contributed by atoms with Crippen LogP contribution in [0.4, 0.5) is 8.78 Å². The van der Waals surface area contributed by atoms with Gasteiger partial charge >= 0.3 is 0 Å². The summed E-state index contributed by atoms with van der Waals surface area (Å²) in [7, 11) is 0. The molecule has 0 bridgehead atoms. The van der Waals surface area contributed by atoms with Gasteiger partial charge in [-0.3, -0.25) is 14.8 Å². The number of aliphatic imine (C=N–C) groups is 1. The fourth-order valence-electron chi connectivity index (χ4n) is 4.39. The molecule has 3 atom stereocenters. The first-order valence-electron chi connectivity index (χ1n) is 11.0. The highest BCUT2D eigenvalue weighted by Gasteiger charge is 2.55. The molecule has 0 unspecified atom stereocenters. The molecule has 0 spiro atoms. The van der Waals surface area contributed by atoms with E-state index in [1.165, 1.54) is 54.4 Å². The van der Waals surface area contributed by atoms with Crippen LogP contribution in [0.15, 0.2) is 41.5 Å². The summed E-state index contributed by atoms with van der Waals surface area (Å²) in [6.07, 6.45) is 3.50. The number of pyridine rings is 1. The molecule has 6 nitrogen and oxygen atoms in total. The van der Waals surface area contributed by atoms with Gasteiger partial charge < -0.3 is 10.6 Å². The Morgan fingerprint density at radius 2 is 2.06 bits per heavy atom. The summed E-state index contributed by atoms with van der Waals surface area (Å²) in [5.74, 6) is -1.57. The minimum absolute atomic E-state index is 0.0327. The molecule has 2 aliphatic rings. The van der Waals surface area contributed by atoms with Gasteiger partial charge in [0.25, 0.3) is 0 Å². The number of amidine groups is 1. The zero-order valence-corrected chi connectivity index (χ0v) is 20.0. The molecule has 0 radical (unpaired) electrons. The molecule has 4 rings (SSSR count). The van der Waals surface area contributed by atoms with Crippen LogP contribution >= 0.6 is 11.8 Å². The van der Waals surface area contributed by atoms with E-state index >= 15 is 4.39 Å². The van der Waals surface area contributed by atoms with Crippen LogP contribution in [0.25, 0.3) is 11.9 Å². The molecular weight excluding hydrogens is 456 g/mol. The Hall–Kier alpha value is -3.25. The third kappa shape index (κ3) is 4.07. The SMILES string of the molecule is C[C@@H]1[C@@](C)(C(=O)N2CCC2)SC(N)=N[C@]1(C)c1cc(/C=C(\F)c2ccc(C#N)cn2)ccc1F. The van der Waals surface area contributed by atoms with Gasteiger partial charge in [-0.2, -0.15) is 5.26 Å². The monoisotopic (exact) mass is 481 g/mol. The summed E-state index contributed by atoms with van der Waals surface area (Å²) in [5.41, 5.74) is 6.07. The average Bonchev–Trinajstić information content (AvgIpc) is 2.77. The van der Waals surface area contributed by atoms with Crippen molar-refractivity contribution < 1.29 is 13.6 Å². The lowest BCUT2D eigenvalue weighted by atomic mass is 9.73. The first kappa shape index (κ1) is 23.9. The highest BCUT2D eigenvalue weighted by Crippen LogP contribution is 2.51. The van der Waals surface area contributed by atoms with Crippen LogP contribution in [0.2, 0.25) is 0 Å². The molecule has 2 aromatic rings. The van der Waals surface area contributed by atoms with Crippen molar-refractivity contribution in [3.05, 3.63) is 64.7 Å². The number of likely N-dealkylation sites (tertiary alicyclic amines) is 1. The number of benzene rings is 1.